The first-order valence-corrected chi connectivity index (χ1v) is 8.38. The lowest BCUT2D eigenvalue weighted by Gasteiger charge is -2.24. The fourth-order valence-corrected chi connectivity index (χ4v) is 2.74. The summed E-state index contributed by atoms with van der Waals surface area (Å²) in [5.74, 6) is -8.44. The van der Waals surface area contributed by atoms with Crippen molar-refractivity contribution >= 4 is 23.2 Å². The number of halogens is 4. The number of carbonyl (C=O) groups excluding carboxylic acids is 2. The maximum absolute atomic E-state index is 14.0. The zero-order valence-electron chi connectivity index (χ0n) is 14.7. The van der Waals surface area contributed by atoms with Crippen LogP contribution in [-0.4, -0.2) is 17.5 Å². The number of amides is 2. The maximum atomic E-state index is 14.0. The molecule has 2 amide bonds. The van der Waals surface area contributed by atoms with Crippen LogP contribution in [0, 0.1) is 23.3 Å². The predicted molar refractivity (Wildman–Crippen MR) is 93.4 cm³/mol. The van der Waals surface area contributed by atoms with Gasteiger partial charge in [-0.15, -0.1) is 0 Å². The summed E-state index contributed by atoms with van der Waals surface area (Å²) >= 11 is 0. The van der Waals surface area contributed by atoms with Crippen LogP contribution in [0.3, 0.4) is 0 Å². The Balaban J connectivity index is 1.90. The minimum Gasteiger partial charge on any atom is -0.344 e. The van der Waals surface area contributed by atoms with Gasteiger partial charge in [0.25, 0.3) is 5.91 Å². The van der Waals surface area contributed by atoms with Gasteiger partial charge in [-0.2, -0.15) is 10.1 Å². The van der Waals surface area contributed by atoms with E-state index in [0.29, 0.717) is 0 Å². The molecule has 9 heteroatoms. The van der Waals surface area contributed by atoms with Gasteiger partial charge in [0.15, 0.2) is 23.3 Å². The molecule has 5 nitrogen and oxygen atoms in total. The van der Waals surface area contributed by atoms with E-state index in [9.17, 15) is 27.2 Å². The number of anilines is 1. The fraction of sp³-hybridized carbons (Fsp3) is 0.211. The first kappa shape index (κ1) is 19.5. The molecule has 1 atom stereocenters. The SMILES string of the molecule is C[C@H](NC(=O)C1=NN(c2c(F)c(F)cc(F)c2F)C(=O)CC1)c1ccccc1. The predicted octanol–water partition coefficient (Wildman–Crippen LogP) is 3.60. The highest BCUT2D eigenvalue weighted by molar-refractivity contribution is 6.40. The van der Waals surface area contributed by atoms with Crippen molar-refractivity contribution < 1.29 is 27.2 Å². The first-order chi connectivity index (χ1) is 13.3. The number of nitrogens with zero attached hydrogens (tertiary/aromatic N) is 2. The van der Waals surface area contributed by atoms with Crippen LogP contribution in [-0.2, 0) is 9.59 Å². The van der Waals surface area contributed by atoms with Crippen LogP contribution in [0.25, 0.3) is 0 Å². The van der Waals surface area contributed by atoms with E-state index in [0.717, 1.165) is 5.56 Å². The van der Waals surface area contributed by atoms with Crippen molar-refractivity contribution in [2.75, 3.05) is 5.01 Å². The van der Waals surface area contributed by atoms with Gasteiger partial charge in [0.05, 0.1) is 6.04 Å². The van der Waals surface area contributed by atoms with Crippen molar-refractivity contribution in [3.8, 4) is 0 Å². The Morgan fingerprint density at radius 1 is 1.07 bits per heavy atom. The highest BCUT2D eigenvalue weighted by Gasteiger charge is 2.32. The van der Waals surface area contributed by atoms with Gasteiger partial charge in [-0.25, -0.2) is 17.6 Å². The minimum atomic E-state index is -1.77. The molecule has 1 aliphatic rings. The van der Waals surface area contributed by atoms with Crippen LogP contribution < -0.4 is 10.3 Å². The molecule has 0 unspecified atom stereocenters. The van der Waals surface area contributed by atoms with E-state index in [4.69, 9.17) is 0 Å². The molecular formula is C19H15F4N3O2. The second kappa shape index (κ2) is 7.79. The molecule has 28 heavy (non-hydrogen) atoms. The third-order valence-corrected chi connectivity index (χ3v) is 4.24. The lowest BCUT2D eigenvalue weighted by atomic mass is 10.1. The van der Waals surface area contributed by atoms with Crippen LogP contribution in [0.5, 0.6) is 0 Å². The van der Waals surface area contributed by atoms with E-state index in [1.165, 1.54) is 0 Å². The van der Waals surface area contributed by atoms with E-state index < -0.39 is 46.8 Å². The highest BCUT2D eigenvalue weighted by atomic mass is 19.2. The number of rotatable bonds is 4. The van der Waals surface area contributed by atoms with Gasteiger partial charge in [0, 0.05) is 18.9 Å². The fourth-order valence-electron chi connectivity index (χ4n) is 2.74. The normalized spacial score (nSPS) is 15.2. The van der Waals surface area contributed by atoms with Gasteiger partial charge in [-0.1, -0.05) is 30.3 Å². The number of hydrogen-bond acceptors (Lipinski definition) is 3. The number of hydrogen-bond donors (Lipinski definition) is 1. The molecule has 2 aromatic carbocycles. The molecule has 0 saturated heterocycles. The molecule has 3 rings (SSSR count). The standard InChI is InChI=1S/C19H15F4N3O2/c1-10(11-5-3-2-4-6-11)24-19(28)14-7-8-15(27)26(25-14)18-16(22)12(20)9-13(21)17(18)23/h2-6,9-10H,7-8H2,1H3,(H,24,28)/t10-/m0/s1. The third kappa shape index (κ3) is 3.73. The summed E-state index contributed by atoms with van der Waals surface area (Å²) in [4.78, 5) is 24.5. The molecule has 1 N–H and O–H groups in total. The zero-order valence-corrected chi connectivity index (χ0v) is 14.7. The molecular weight excluding hydrogens is 378 g/mol. The van der Waals surface area contributed by atoms with Crippen molar-refractivity contribution in [3.05, 3.63) is 65.2 Å². The molecule has 1 aliphatic heterocycles. The summed E-state index contributed by atoms with van der Waals surface area (Å²) in [6.45, 7) is 1.72. The average Bonchev–Trinajstić information content (AvgIpc) is 2.68. The number of benzene rings is 2. The van der Waals surface area contributed by atoms with Crippen LogP contribution in [0.1, 0.15) is 31.4 Å². The van der Waals surface area contributed by atoms with Gasteiger partial charge >= 0.3 is 0 Å². The Morgan fingerprint density at radius 3 is 2.29 bits per heavy atom. The van der Waals surface area contributed by atoms with Crippen molar-refractivity contribution in [1.29, 1.82) is 0 Å². The van der Waals surface area contributed by atoms with Gasteiger partial charge in [0.2, 0.25) is 5.91 Å². The smallest absolute Gasteiger partial charge is 0.267 e. The van der Waals surface area contributed by atoms with E-state index in [1.807, 2.05) is 6.07 Å². The summed E-state index contributed by atoms with van der Waals surface area (Å²) in [7, 11) is 0. The summed E-state index contributed by atoms with van der Waals surface area (Å²) in [5, 5.41) is 6.52. The van der Waals surface area contributed by atoms with Crippen molar-refractivity contribution in [2.45, 2.75) is 25.8 Å². The van der Waals surface area contributed by atoms with Crippen molar-refractivity contribution in [2.24, 2.45) is 5.10 Å². The minimum absolute atomic E-state index is 0.0292. The Kier molecular flexibility index (Phi) is 5.43. The molecule has 0 aliphatic carbocycles. The van der Waals surface area contributed by atoms with Crippen molar-refractivity contribution in [3.63, 3.8) is 0 Å². The average molecular weight is 393 g/mol. The molecule has 0 saturated carbocycles. The summed E-state index contributed by atoms with van der Waals surface area (Å²) in [6.07, 6.45) is -0.382. The maximum Gasteiger partial charge on any atom is 0.267 e. The summed E-state index contributed by atoms with van der Waals surface area (Å²) in [5.41, 5.74) is -0.668. The van der Waals surface area contributed by atoms with E-state index in [1.54, 1.807) is 31.2 Å². The largest absolute Gasteiger partial charge is 0.344 e. The summed E-state index contributed by atoms with van der Waals surface area (Å²) < 4.78 is 55.0. The van der Waals surface area contributed by atoms with Gasteiger partial charge in [0.1, 0.15) is 11.4 Å². The van der Waals surface area contributed by atoms with E-state index >= 15 is 0 Å². The number of carbonyl (C=O) groups is 2. The van der Waals surface area contributed by atoms with Crippen LogP contribution in [0.2, 0.25) is 0 Å². The molecule has 2 aromatic rings. The molecule has 1 heterocycles. The van der Waals surface area contributed by atoms with Crippen molar-refractivity contribution in [1.82, 2.24) is 5.32 Å². The molecule has 0 bridgehead atoms. The zero-order chi connectivity index (χ0) is 20.4. The molecule has 146 valence electrons. The number of nitrogens with one attached hydrogen (secondary N) is 1. The number of hydrazone groups is 1. The van der Waals surface area contributed by atoms with E-state index in [-0.39, 0.29) is 29.6 Å². The lowest BCUT2D eigenvalue weighted by Crippen LogP contribution is -2.40. The highest BCUT2D eigenvalue weighted by Crippen LogP contribution is 2.30. The van der Waals surface area contributed by atoms with Gasteiger partial charge in [-0.05, 0) is 12.5 Å². The van der Waals surface area contributed by atoms with Crippen LogP contribution in [0.15, 0.2) is 41.5 Å². The molecule has 0 spiro atoms. The topological polar surface area (TPSA) is 61.8 Å². The second-order valence-corrected chi connectivity index (χ2v) is 6.17. The Labute approximate surface area is 157 Å². The Morgan fingerprint density at radius 2 is 1.68 bits per heavy atom. The summed E-state index contributed by atoms with van der Waals surface area (Å²) in [6, 6.07) is 8.62. The van der Waals surface area contributed by atoms with E-state index in [2.05, 4.69) is 10.4 Å². The first-order valence-electron chi connectivity index (χ1n) is 8.38. The molecule has 0 aromatic heterocycles. The Bertz CT molecular complexity index is 937. The molecule has 0 radical (unpaired) electrons. The molecule has 0 fully saturated rings. The quantitative estimate of drug-likeness (QED) is 0.637. The van der Waals surface area contributed by atoms with Crippen LogP contribution in [0.4, 0.5) is 23.2 Å². The second-order valence-electron chi connectivity index (χ2n) is 6.17. The Hall–Kier alpha value is -3.23. The van der Waals surface area contributed by atoms with Crippen LogP contribution >= 0.6 is 0 Å². The van der Waals surface area contributed by atoms with Gasteiger partial charge in [-0.3, -0.25) is 9.59 Å². The monoisotopic (exact) mass is 393 g/mol. The lowest BCUT2D eigenvalue weighted by molar-refractivity contribution is -0.119. The van der Waals surface area contributed by atoms with Gasteiger partial charge < -0.3 is 5.32 Å². The third-order valence-electron chi connectivity index (χ3n) is 4.24.